The van der Waals surface area contributed by atoms with Crippen molar-refractivity contribution in [2.45, 2.75) is 58.4 Å². The fourth-order valence-corrected chi connectivity index (χ4v) is 2.16. The van der Waals surface area contributed by atoms with Gasteiger partial charge in [-0.1, -0.05) is 13.8 Å². The molecular weight excluding hydrogens is 160 g/mol. The third-order valence-corrected chi connectivity index (χ3v) is 2.93. The first-order chi connectivity index (χ1) is 6.29. The zero-order chi connectivity index (χ0) is 9.68. The van der Waals surface area contributed by atoms with Gasteiger partial charge in [-0.25, -0.2) is 0 Å². The molecule has 13 heavy (non-hydrogen) atoms. The SMILES string of the molecule is CCCC(=N)N1CCCCC1CC. The summed E-state index contributed by atoms with van der Waals surface area (Å²) in [6, 6.07) is 0.660. The van der Waals surface area contributed by atoms with E-state index in [0.717, 1.165) is 25.2 Å². The van der Waals surface area contributed by atoms with Crippen LogP contribution in [0.3, 0.4) is 0 Å². The van der Waals surface area contributed by atoms with Crippen molar-refractivity contribution in [3.8, 4) is 0 Å². The second-order valence-corrected chi connectivity index (χ2v) is 3.95. The van der Waals surface area contributed by atoms with Crippen molar-refractivity contribution in [3.05, 3.63) is 0 Å². The quantitative estimate of drug-likeness (QED) is 0.527. The second-order valence-electron chi connectivity index (χ2n) is 3.95. The highest BCUT2D eigenvalue weighted by Gasteiger charge is 2.21. The van der Waals surface area contributed by atoms with Crippen LogP contribution in [0.4, 0.5) is 0 Å². The van der Waals surface area contributed by atoms with Crippen LogP contribution in [0.25, 0.3) is 0 Å². The van der Waals surface area contributed by atoms with Gasteiger partial charge in [0.25, 0.3) is 0 Å². The molecule has 1 heterocycles. The van der Waals surface area contributed by atoms with E-state index in [1.807, 2.05) is 0 Å². The first kappa shape index (κ1) is 10.6. The number of nitrogens with one attached hydrogen (secondary N) is 1. The van der Waals surface area contributed by atoms with E-state index >= 15 is 0 Å². The van der Waals surface area contributed by atoms with Crippen molar-refractivity contribution in [3.63, 3.8) is 0 Å². The van der Waals surface area contributed by atoms with Crippen LogP contribution in [0.1, 0.15) is 52.4 Å². The Balaban J connectivity index is 2.48. The molecule has 1 rings (SSSR count). The molecule has 0 aliphatic carbocycles. The maximum atomic E-state index is 7.94. The Morgan fingerprint density at radius 3 is 2.77 bits per heavy atom. The minimum Gasteiger partial charge on any atom is -0.358 e. The first-order valence-electron chi connectivity index (χ1n) is 5.63. The number of nitrogens with zero attached hydrogens (tertiary/aromatic N) is 1. The monoisotopic (exact) mass is 182 g/mol. The van der Waals surface area contributed by atoms with Crippen molar-refractivity contribution in [1.29, 1.82) is 5.41 Å². The van der Waals surface area contributed by atoms with Crippen molar-refractivity contribution in [1.82, 2.24) is 4.90 Å². The number of hydrogen-bond donors (Lipinski definition) is 1. The van der Waals surface area contributed by atoms with Crippen LogP contribution in [-0.2, 0) is 0 Å². The van der Waals surface area contributed by atoms with Crippen LogP contribution in [-0.4, -0.2) is 23.3 Å². The molecule has 1 saturated heterocycles. The molecule has 0 aromatic rings. The molecule has 1 aliphatic rings. The lowest BCUT2D eigenvalue weighted by molar-refractivity contribution is 0.230. The third kappa shape index (κ3) is 2.71. The largest absolute Gasteiger partial charge is 0.358 e. The average molecular weight is 182 g/mol. The maximum Gasteiger partial charge on any atom is 0.0960 e. The predicted molar refractivity (Wildman–Crippen MR) is 57.3 cm³/mol. The molecule has 2 nitrogen and oxygen atoms in total. The topological polar surface area (TPSA) is 27.1 Å². The lowest BCUT2D eigenvalue weighted by atomic mass is 9.99. The molecule has 0 saturated carbocycles. The molecule has 1 fully saturated rings. The molecule has 76 valence electrons. The van der Waals surface area contributed by atoms with Gasteiger partial charge in [0.15, 0.2) is 0 Å². The van der Waals surface area contributed by atoms with Gasteiger partial charge in [-0.2, -0.15) is 0 Å². The Morgan fingerprint density at radius 1 is 1.38 bits per heavy atom. The van der Waals surface area contributed by atoms with Crippen LogP contribution in [0.15, 0.2) is 0 Å². The zero-order valence-electron chi connectivity index (χ0n) is 8.97. The van der Waals surface area contributed by atoms with E-state index in [4.69, 9.17) is 5.41 Å². The van der Waals surface area contributed by atoms with Crippen molar-refractivity contribution in [2.75, 3.05) is 6.54 Å². The first-order valence-corrected chi connectivity index (χ1v) is 5.63. The standard InChI is InChI=1S/C11H22N2/c1-3-7-11(12)13-9-6-5-8-10(13)4-2/h10,12H,3-9H2,1-2H3. The summed E-state index contributed by atoms with van der Waals surface area (Å²) >= 11 is 0. The number of rotatable bonds is 3. The van der Waals surface area contributed by atoms with Gasteiger partial charge < -0.3 is 4.90 Å². The molecule has 0 amide bonds. The normalized spacial score (nSPS) is 23.2. The van der Waals surface area contributed by atoms with Gasteiger partial charge in [-0.15, -0.1) is 0 Å². The summed E-state index contributed by atoms with van der Waals surface area (Å²) in [6.45, 7) is 5.51. The van der Waals surface area contributed by atoms with E-state index in [2.05, 4.69) is 18.7 Å². The molecule has 1 aliphatic heterocycles. The predicted octanol–water partition coefficient (Wildman–Crippen LogP) is 3.03. The minimum absolute atomic E-state index is 0.660. The van der Waals surface area contributed by atoms with Crippen molar-refractivity contribution < 1.29 is 0 Å². The van der Waals surface area contributed by atoms with Gasteiger partial charge in [0, 0.05) is 19.0 Å². The zero-order valence-corrected chi connectivity index (χ0v) is 8.97. The Hall–Kier alpha value is -0.530. The van der Waals surface area contributed by atoms with E-state index in [0.29, 0.717) is 6.04 Å². The van der Waals surface area contributed by atoms with E-state index in [9.17, 15) is 0 Å². The number of likely N-dealkylation sites (tertiary alicyclic amines) is 1. The molecule has 0 spiro atoms. The third-order valence-electron chi connectivity index (χ3n) is 2.93. The Kier molecular flexibility index (Phi) is 4.26. The summed E-state index contributed by atoms with van der Waals surface area (Å²) in [5, 5.41) is 7.94. The fraction of sp³-hybridized carbons (Fsp3) is 0.909. The molecule has 0 bridgehead atoms. The van der Waals surface area contributed by atoms with Crippen LogP contribution in [0.2, 0.25) is 0 Å². The van der Waals surface area contributed by atoms with Gasteiger partial charge >= 0.3 is 0 Å². The minimum atomic E-state index is 0.660. The molecule has 2 heteroatoms. The second kappa shape index (κ2) is 5.25. The molecule has 1 unspecified atom stereocenters. The number of hydrogen-bond acceptors (Lipinski definition) is 1. The highest BCUT2D eigenvalue weighted by Crippen LogP contribution is 2.20. The van der Waals surface area contributed by atoms with E-state index in [1.54, 1.807) is 0 Å². The summed E-state index contributed by atoms with van der Waals surface area (Å²) < 4.78 is 0. The van der Waals surface area contributed by atoms with Gasteiger partial charge in [-0.05, 0) is 32.1 Å². The Morgan fingerprint density at radius 2 is 2.15 bits per heavy atom. The smallest absolute Gasteiger partial charge is 0.0960 e. The van der Waals surface area contributed by atoms with Gasteiger partial charge in [-0.3, -0.25) is 5.41 Å². The van der Waals surface area contributed by atoms with E-state index < -0.39 is 0 Å². The lowest BCUT2D eigenvalue weighted by Gasteiger charge is -2.37. The highest BCUT2D eigenvalue weighted by atomic mass is 15.2. The Bertz CT molecular complexity index is 165. The maximum absolute atomic E-state index is 7.94. The molecule has 1 N–H and O–H groups in total. The van der Waals surface area contributed by atoms with Crippen molar-refractivity contribution in [2.24, 2.45) is 0 Å². The lowest BCUT2D eigenvalue weighted by Crippen LogP contribution is -2.42. The van der Waals surface area contributed by atoms with Crippen LogP contribution in [0, 0.1) is 5.41 Å². The molecule has 0 aromatic heterocycles. The van der Waals surface area contributed by atoms with Crippen LogP contribution >= 0.6 is 0 Å². The Labute approximate surface area is 81.8 Å². The van der Waals surface area contributed by atoms with Crippen molar-refractivity contribution >= 4 is 5.84 Å². The van der Waals surface area contributed by atoms with Crippen LogP contribution < -0.4 is 0 Å². The number of piperidine rings is 1. The summed E-state index contributed by atoms with van der Waals surface area (Å²) in [5.41, 5.74) is 0. The van der Waals surface area contributed by atoms with E-state index in [1.165, 1.54) is 25.7 Å². The average Bonchev–Trinajstić information content (AvgIpc) is 2.18. The molecular formula is C11H22N2. The summed E-state index contributed by atoms with van der Waals surface area (Å²) in [7, 11) is 0. The molecule has 1 atom stereocenters. The summed E-state index contributed by atoms with van der Waals surface area (Å²) in [6.07, 6.45) is 7.19. The summed E-state index contributed by atoms with van der Waals surface area (Å²) in [5.74, 6) is 0.869. The number of amidine groups is 1. The summed E-state index contributed by atoms with van der Waals surface area (Å²) in [4.78, 5) is 2.33. The fourth-order valence-electron chi connectivity index (χ4n) is 2.16. The van der Waals surface area contributed by atoms with Crippen LogP contribution in [0.5, 0.6) is 0 Å². The molecule has 0 aromatic carbocycles. The van der Waals surface area contributed by atoms with Gasteiger partial charge in [0.1, 0.15) is 0 Å². The highest BCUT2D eigenvalue weighted by molar-refractivity contribution is 5.79. The van der Waals surface area contributed by atoms with Gasteiger partial charge in [0.05, 0.1) is 5.84 Å². The van der Waals surface area contributed by atoms with Gasteiger partial charge in [0.2, 0.25) is 0 Å². The van der Waals surface area contributed by atoms with E-state index in [-0.39, 0.29) is 0 Å². The molecule has 0 radical (unpaired) electrons.